The van der Waals surface area contributed by atoms with Gasteiger partial charge in [-0.2, -0.15) is 9.97 Å². The number of hydrogen-bond acceptors (Lipinski definition) is 10. The van der Waals surface area contributed by atoms with Crippen LogP contribution in [0.3, 0.4) is 0 Å². The van der Waals surface area contributed by atoms with E-state index in [4.69, 9.17) is 41.5 Å². The Balaban J connectivity index is 1.38. The fourth-order valence-corrected chi connectivity index (χ4v) is 4.52. The van der Waals surface area contributed by atoms with Crippen LogP contribution in [-0.2, 0) is 0 Å². The molecule has 2 aromatic heterocycles. The number of amidine groups is 1. The molecule has 1 saturated heterocycles. The van der Waals surface area contributed by atoms with Crippen LogP contribution in [0.4, 0.5) is 23.1 Å². The van der Waals surface area contributed by atoms with E-state index in [2.05, 4.69) is 25.1 Å². The standard InChI is InChI=1S/C29H31ClN8O3/c1-39-24-16-22(30)23(17-25(24)40-2)41-28-18-27(33-19-26(31)34-20-6-4-3-5-7-20)35-29(36-28)38-14-12-37(13-15-38)21-8-10-32-11-9-21/h3-11,16-18H,12-15,19H2,1-2H3,(H2,31,34)(H,33,35,36). The van der Waals surface area contributed by atoms with Crippen LogP contribution < -0.4 is 35.1 Å². The zero-order valence-electron chi connectivity index (χ0n) is 22.8. The van der Waals surface area contributed by atoms with Gasteiger partial charge >= 0.3 is 0 Å². The van der Waals surface area contributed by atoms with Crippen molar-refractivity contribution in [2.24, 2.45) is 10.7 Å². The van der Waals surface area contributed by atoms with Crippen molar-refractivity contribution in [2.45, 2.75) is 0 Å². The van der Waals surface area contributed by atoms with Crippen LogP contribution in [0.1, 0.15) is 0 Å². The fraction of sp³-hybridized carbons (Fsp3) is 0.241. The van der Waals surface area contributed by atoms with Gasteiger partial charge in [0.25, 0.3) is 0 Å². The van der Waals surface area contributed by atoms with Gasteiger partial charge in [0.2, 0.25) is 11.8 Å². The maximum Gasteiger partial charge on any atom is 0.230 e. The summed E-state index contributed by atoms with van der Waals surface area (Å²) >= 11 is 6.50. The SMILES string of the molecule is COc1cc(Cl)c(Oc2cc(NCC(N)=Nc3ccccc3)nc(N3CCN(c4ccncc4)CC3)n2)cc1OC. The number of aromatic nitrogens is 3. The summed E-state index contributed by atoms with van der Waals surface area (Å²) in [6, 6.07) is 18.5. The van der Waals surface area contributed by atoms with Gasteiger partial charge in [-0.05, 0) is 24.3 Å². The third kappa shape index (κ3) is 7.06. The number of nitrogens with two attached hydrogens (primary N) is 1. The molecule has 0 saturated carbocycles. The molecule has 41 heavy (non-hydrogen) atoms. The Morgan fingerprint density at radius 2 is 1.59 bits per heavy atom. The second-order valence-electron chi connectivity index (χ2n) is 9.10. The second-order valence-corrected chi connectivity index (χ2v) is 9.51. The lowest BCUT2D eigenvalue weighted by molar-refractivity contribution is 0.351. The van der Waals surface area contributed by atoms with E-state index in [-0.39, 0.29) is 6.54 Å². The van der Waals surface area contributed by atoms with Crippen molar-refractivity contribution in [2.75, 3.05) is 62.1 Å². The average molecular weight is 575 g/mol. The van der Waals surface area contributed by atoms with E-state index in [9.17, 15) is 0 Å². The molecule has 11 nitrogen and oxygen atoms in total. The highest BCUT2D eigenvalue weighted by molar-refractivity contribution is 6.32. The van der Waals surface area contributed by atoms with Crippen LogP contribution in [0.5, 0.6) is 23.1 Å². The third-order valence-electron chi connectivity index (χ3n) is 6.41. The van der Waals surface area contributed by atoms with Gasteiger partial charge in [0.15, 0.2) is 17.2 Å². The molecule has 0 aliphatic carbocycles. The number of piperazine rings is 1. The molecule has 4 aromatic rings. The lowest BCUT2D eigenvalue weighted by atomic mass is 10.3. The molecule has 1 fully saturated rings. The Morgan fingerprint density at radius 1 is 0.902 bits per heavy atom. The minimum atomic E-state index is 0.276. The number of rotatable bonds is 10. The lowest BCUT2D eigenvalue weighted by Gasteiger charge is -2.36. The Labute approximate surface area is 243 Å². The number of nitrogens with zero attached hydrogens (tertiary/aromatic N) is 6. The molecule has 1 aliphatic rings. The van der Waals surface area contributed by atoms with Crippen molar-refractivity contribution in [3.63, 3.8) is 0 Å². The number of halogens is 1. The van der Waals surface area contributed by atoms with Crippen LogP contribution >= 0.6 is 11.6 Å². The minimum Gasteiger partial charge on any atom is -0.493 e. The van der Waals surface area contributed by atoms with Crippen molar-refractivity contribution in [3.05, 3.63) is 78.1 Å². The molecule has 0 spiro atoms. The van der Waals surface area contributed by atoms with Gasteiger partial charge in [-0.3, -0.25) is 4.98 Å². The van der Waals surface area contributed by atoms with Gasteiger partial charge < -0.3 is 35.1 Å². The fourth-order valence-electron chi connectivity index (χ4n) is 4.33. The number of nitrogens with one attached hydrogen (secondary N) is 1. The number of methoxy groups -OCH3 is 2. The van der Waals surface area contributed by atoms with E-state index in [1.165, 1.54) is 0 Å². The zero-order valence-corrected chi connectivity index (χ0v) is 23.6. The summed E-state index contributed by atoms with van der Waals surface area (Å²) in [6.07, 6.45) is 3.60. The van der Waals surface area contributed by atoms with E-state index in [1.807, 2.05) is 42.5 Å². The van der Waals surface area contributed by atoms with Gasteiger partial charge in [-0.1, -0.05) is 29.8 Å². The molecule has 0 unspecified atom stereocenters. The van der Waals surface area contributed by atoms with E-state index in [0.717, 1.165) is 37.6 Å². The molecule has 0 radical (unpaired) electrons. The number of benzene rings is 2. The molecular weight excluding hydrogens is 544 g/mol. The predicted molar refractivity (Wildman–Crippen MR) is 162 cm³/mol. The summed E-state index contributed by atoms with van der Waals surface area (Å²) in [5.41, 5.74) is 8.10. The first kappa shape index (κ1) is 27.8. The Kier molecular flexibility index (Phi) is 8.85. The quantitative estimate of drug-likeness (QED) is 0.202. The van der Waals surface area contributed by atoms with Crippen molar-refractivity contribution >= 4 is 40.6 Å². The molecule has 0 bridgehead atoms. The molecule has 1 aliphatic heterocycles. The summed E-state index contributed by atoms with van der Waals surface area (Å²) in [5.74, 6) is 3.12. The van der Waals surface area contributed by atoms with E-state index in [0.29, 0.717) is 45.8 Å². The monoisotopic (exact) mass is 574 g/mol. The molecule has 12 heteroatoms. The molecule has 3 heterocycles. The zero-order chi connectivity index (χ0) is 28.6. The maximum absolute atomic E-state index is 6.50. The Morgan fingerprint density at radius 3 is 2.29 bits per heavy atom. The van der Waals surface area contributed by atoms with Gasteiger partial charge in [0.1, 0.15) is 11.7 Å². The lowest BCUT2D eigenvalue weighted by Crippen LogP contribution is -2.47. The second kappa shape index (κ2) is 13.1. The molecular formula is C29H31ClN8O3. The summed E-state index contributed by atoms with van der Waals surface area (Å²) in [5, 5.41) is 3.60. The summed E-state index contributed by atoms with van der Waals surface area (Å²) in [7, 11) is 3.10. The number of anilines is 3. The molecule has 5 rings (SSSR count). The van der Waals surface area contributed by atoms with Crippen molar-refractivity contribution in [1.29, 1.82) is 0 Å². The number of para-hydroxylation sites is 1. The predicted octanol–water partition coefficient (Wildman–Crippen LogP) is 4.76. The van der Waals surface area contributed by atoms with Crippen LogP contribution in [0, 0.1) is 0 Å². The highest BCUT2D eigenvalue weighted by Gasteiger charge is 2.21. The van der Waals surface area contributed by atoms with Crippen molar-refractivity contribution in [3.8, 4) is 23.1 Å². The average Bonchev–Trinajstić information content (AvgIpc) is 3.01. The first-order valence-corrected chi connectivity index (χ1v) is 13.4. The van der Waals surface area contributed by atoms with Crippen LogP contribution in [-0.4, -0.2) is 67.7 Å². The van der Waals surface area contributed by atoms with Crippen LogP contribution in [0.25, 0.3) is 0 Å². The number of hydrogen-bond donors (Lipinski definition) is 2. The van der Waals surface area contributed by atoms with Gasteiger partial charge in [-0.25, -0.2) is 4.99 Å². The minimum absolute atomic E-state index is 0.276. The smallest absolute Gasteiger partial charge is 0.230 e. The molecule has 0 amide bonds. The number of ether oxygens (including phenoxy) is 3. The highest BCUT2D eigenvalue weighted by atomic mass is 35.5. The third-order valence-corrected chi connectivity index (χ3v) is 6.71. The van der Waals surface area contributed by atoms with E-state index in [1.54, 1.807) is 44.8 Å². The van der Waals surface area contributed by atoms with Crippen LogP contribution in [0.15, 0.2) is 78.0 Å². The number of pyridine rings is 1. The molecule has 0 atom stereocenters. The first-order chi connectivity index (χ1) is 20.0. The summed E-state index contributed by atoms with van der Waals surface area (Å²) in [6.45, 7) is 3.33. The highest BCUT2D eigenvalue weighted by Crippen LogP contribution is 2.39. The van der Waals surface area contributed by atoms with Gasteiger partial charge in [-0.15, -0.1) is 0 Å². The molecule has 2 aromatic carbocycles. The van der Waals surface area contributed by atoms with Crippen molar-refractivity contribution < 1.29 is 14.2 Å². The molecule has 212 valence electrons. The topological polar surface area (TPSA) is 123 Å². The Bertz CT molecular complexity index is 1480. The van der Waals surface area contributed by atoms with Gasteiger partial charge in [0.05, 0.1) is 31.5 Å². The van der Waals surface area contributed by atoms with Gasteiger partial charge in [0, 0.05) is 62.5 Å². The van der Waals surface area contributed by atoms with Crippen LogP contribution in [0.2, 0.25) is 5.02 Å². The summed E-state index contributed by atoms with van der Waals surface area (Å²) < 4.78 is 16.9. The number of aliphatic imine (C=N–C) groups is 1. The first-order valence-electron chi connectivity index (χ1n) is 13.0. The van der Waals surface area contributed by atoms with Crippen molar-refractivity contribution in [1.82, 2.24) is 15.0 Å². The summed E-state index contributed by atoms with van der Waals surface area (Å²) in [4.78, 5) is 22.5. The normalized spacial score (nSPS) is 13.6. The van der Waals surface area contributed by atoms with E-state index < -0.39 is 0 Å². The molecule has 3 N–H and O–H groups in total. The maximum atomic E-state index is 6.50. The Hall–Kier alpha value is -4.77. The van der Waals surface area contributed by atoms with E-state index >= 15 is 0 Å². The largest absolute Gasteiger partial charge is 0.493 e.